The number of likely N-dealkylation sites (tertiary alicyclic amines) is 1. The van der Waals surface area contributed by atoms with Crippen LogP contribution < -0.4 is 4.74 Å². The molecule has 7 nitrogen and oxygen atoms in total. The zero-order chi connectivity index (χ0) is 18.0. The van der Waals surface area contributed by atoms with Gasteiger partial charge in [0.2, 0.25) is 15.9 Å². The van der Waals surface area contributed by atoms with Crippen LogP contribution in [0.1, 0.15) is 19.3 Å². The van der Waals surface area contributed by atoms with Gasteiger partial charge in [-0.25, -0.2) is 12.7 Å². The molecule has 138 valence electrons. The second-order valence-electron chi connectivity index (χ2n) is 6.56. The lowest BCUT2D eigenvalue weighted by atomic mass is 9.97. The lowest BCUT2D eigenvalue weighted by molar-refractivity contribution is -0.135. The summed E-state index contributed by atoms with van der Waals surface area (Å²) < 4.78 is 30.4. The van der Waals surface area contributed by atoms with Crippen molar-refractivity contribution < 1.29 is 17.9 Å². The van der Waals surface area contributed by atoms with E-state index in [2.05, 4.69) is 4.98 Å². The van der Waals surface area contributed by atoms with Crippen molar-refractivity contribution in [3.8, 4) is 5.75 Å². The summed E-state index contributed by atoms with van der Waals surface area (Å²) in [6.45, 7) is 2.01. The number of hydrogen-bond donors (Lipinski definition) is 0. The maximum atomic E-state index is 12.7. The van der Waals surface area contributed by atoms with E-state index in [0.29, 0.717) is 49.8 Å². The van der Waals surface area contributed by atoms with Gasteiger partial charge >= 0.3 is 0 Å². The molecule has 1 amide bonds. The number of amides is 1. The molecule has 3 heterocycles. The molecule has 0 saturated carbocycles. The molecule has 9 heteroatoms. The lowest BCUT2D eigenvalue weighted by Gasteiger charge is -2.31. The van der Waals surface area contributed by atoms with Gasteiger partial charge in [0, 0.05) is 50.4 Å². The molecule has 0 unspecified atom stereocenters. The number of ether oxygens (including phenoxy) is 1. The Morgan fingerprint density at radius 1 is 1.28 bits per heavy atom. The molecule has 1 aromatic heterocycles. The van der Waals surface area contributed by atoms with E-state index in [9.17, 15) is 13.2 Å². The van der Waals surface area contributed by atoms with Crippen molar-refractivity contribution in [2.24, 2.45) is 5.92 Å². The van der Waals surface area contributed by atoms with Crippen LogP contribution >= 0.6 is 11.6 Å². The molecule has 0 radical (unpaired) electrons. The van der Waals surface area contributed by atoms with Crippen molar-refractivity contribution in [3.63, 3.8) is 0 Å². The Kier molecular flexibility index (Phi) is 5.50. The Morgan fingerprint density at radius 2 is 2.00 bits per heavy atom. The highest BCUT2D eigenvalue weighted by molar-refractivity contribution is 7.88. The van der Waals surface area contributed by atoms with Crippen molar-refractivity contribution >= 4 is 27.5 Å². The Morgan fingerprint density at radius 3 is 2.64 bits per heavy atom. The van der Waals surface area contributed by atoms with E-state index in [1.165, 1.54) is 16.8 Å². The first-order chi connectivity index (χ1) is 11.8. The lowest BCUT2D eigenvalue weighted by Crippen LogP contribution is -2.43. The zero-order valence-corrected chi connectivity index (χ0v) is 15.7. The minimum Gasteiger partial charge on any atom is -0.487 e. The van der Waals surface area contributed by atoms with E-state index >= 15 is 0 Å². The second-order valence-corrected chi connectivity index (χ2v) is 8.94. The Balaban J connectivity index is 1.52. The van der Waals surface area contributed by atoms with Crippen molar-refractivity contribution in [1.82, 2.24) is 14.2 Å². The molecule has 3 rings (SSSR count). The normalized spacial score (nSPS) is 23.0. The molecule has 0 aromatic carbocycles. The number of sulfonamides is 1. The first-order valence-corrected chi connectivity index (χ1v) is 10.6. The van der Waals surface area contributed by atoms with E-state index in [4.69, 9.17) is 16.3 Å². The van der Waals surface area contributed by atoms with Crippen LogP contribution in [0.25, 0.3) is 0 Å². The molecule has 2 fully saturated rings. The number of pyridine rings is 1. The standard InChI is InChI=1S/C16H22ClN3O4S/c1-25(22,23)20-8-3-12(4-9-20)16(21)19-7-5-13(11-19)24-15-2-6-18-10-14(15)17/h2,6,10,12-13H,3-5,7-9,11H2,1H3/t13-/m0/s1. The topological polar surface area (TPSA) is 79.8 Å². The molecule has 2 aliphatic heterocycles. The van der Waals surface area contributed by atoms with E-state index < -0.39 is 10.0 Å². The summed E-state index contributed by atoms with van der Waals surface area (Å²) in [7, 11) is -3.17. The summed E-state index contributed by atoms with van der Waals surface area (Å²) in [6, 6.07) is 1.72. The van der Waals surface area contributed by atoms with E-state index in [-0.39, 0.29) is 17.9 Å². The summed E-state index contributed by atoms with van der Waals surface area (Å²) in [5.41, 5.74) is 0. The van der Waals surface area contributed by atoms with Crippen LogP contribution in [0, 0.1) is 5.92 Å². The van der Waals surface area contributed by atoms with Crippen LogP contribution in [0.4, 0.5) is 0 Å². The Labute approximate surface area is 153 Å². The second kappa shape index (κ2) is 7.47. The zero-order valence-electron chi connectivity index (χ0n) is 14.1. The first-order valence-electron chi connectivity index (χ1n) is 8.34. The number of hydrogen-bond acceptors (Lipinski definition) is 5. The molecular formula is C16H22ClN3O4S. The monoisotopic (exact) mass is 387 g/mol. The minimum atomic E-state index is -3.17. The maximum absolute atomic E-state index is 12.7. The SMILES string of the molecule is CS(=O)(=O)N1CCC(C(=O)N2CC[C@H](Oc3ccncc3Cl)C2)CC1. The molecule has 0 bridgehead atoms. The highest BCUT2D eigenvalue weighted by Crippen LogP contribution is 2.27. The van der Waals surface area contributed by atoms with Gasteiger partial charge in [0.15, 0.2) is 0 Å². The van der Waals surface area contributed by atoms with Crippen molar-refractivity contribution in [2.75, 3.05) is 32.4 Å². The van der Waals surface area contributed by atoms with Crippen molar-refractivity contribution in [2.45, 2.75) is 25.4 Å². The summed E-state index contributed by atoms with van der Waals surface area (Å²) >= 11 is 6.05. The first kappa shape index (κ1) is 18.4. The maximum Gasteiger partial charge on any atom is 0.225 e. The van der Waals surface area contributed by atoms with Crippen LogP contribution in [0.2, 0.25) is 5.02 Å². The number of carbonyl (C=O) groups is 1. The van der Waals surface area contributed by atoms with Gasteiger partial charge in [-0.2, -0.15) is 0 Å². The van der Waals surface area contributed by atoms with E-state index in [0.717, 1.165) is 6.42 Å². The van der Waals surface area contributed by atoms with Crippen LogP contribution in [0.5, 0.6) is 5.75 Å². The van der Waals surface area contributed by atoms with Gasteiger partial charge < -0.3 is 9.64 Å². The average molecular weight is 388 g/mol. The number of nitrogens with zero attached hydrogens (tertiary/aromatic N) is 3. The number of carbonyl (C=O) groups excluding carboxylic acids is 1. The number of halogens is 1. The van der Waals surface area contributed by atoms with Gasteiger partial charge in [0.1, 0.15) is 16.9 Å². The number of rotatable bonds is 4. The third kappa shape index (κ3) is 4.43. The third-order valence-corrected chi connectivity index (χ3v) is 6.34. The fourth-order valence-corrected chi connectivity index (χ4v) is 4.39. The van der Waals surface area contributed by atoms with Gasteiger partial charge in [-0.05, 0) is 12.8 Å². The Hall–Kier alpha value is -1.38. The predicted molar refractivity (Wildman–Crippen MR) is 94.0 cm³/mol. The van der Waals surface area contributed by atoms with Gasteiger partial charge in [0.05, 0.1) is 12.8 Å². The molecular weight excluding hydrogens is 366 g/mol. The third-order valence-electron chi connectivity index (χ3n) is 4.76. The predicted octanol–water partition coefficient (Wildman–Crippen LogP) is 1.39. The fourth-order valence-electron chi connectivity index (χ4n) is 3.35. The molecule has 1 aromatic rings. The minimum absolute atomic E-state index is 0.0834. The molecule has 2 saturated heterocycles. The summed E-state index contributed by atoms with van der Waals surface area (Å²) in [4.78, 5) is 18.4. The smallest absolute Gasteiger partial charge is 0.225 e. The summed E-state index contributed by atoms with van der Waals surface area (Å²) in [6.07, 6.45) is 6.18. The van der Waals surface area contributed by atoms with Gasteiger partial charge in [-0.15, -0.1) is 0 Å². The van der Waals surface area contributed by atoms with Crippen molar-refractivity contribution in [1.29, 1.82) is 0 Å². The van der Waals surface area contributed by atoms with Gasteiger partial charge in [0.25, 0.3) is 0 Å². The van der Waals surface area contributed by atoms with E-state index in [1.807, 2.05) is 4.90 Å². The summed E-state index contributed by atoms with van der Waals surface area (Å²) in [5, 5.41) is 0.459. The molecule has 1 atom stereocenters. The number of aromatic nitrogens is 1. The fraction of sp³-hybridized carbons (Fsp3) is 0.625. The largest absolute Gasteiger partial charge is 0.487 e. The highest BCUT2D eigenvalue weighted by Gasteiger charge is 2.35. The van der Waals surface area contributed by atoms with Crippen LogP contribution in [0.3, 0.4) is 0 Å². The average Bonchev–Trinajstić information content (AvgIpc) is 3.04. The molecule has 0 aliphatic carbocycles. The van der Waals surface area contributed by atoms with Crippen molar-refractivity contribution in [3.05, 3.63) is 23.5 Å². The van der Waals surface area contributed by atoms with Crippen LogP contribution in [-0.4, -0.2) is 67.1 Å². The molecule has 25 heavy (non-hydrogen) atoms. The summed E-state index contributed by atoms with van der Waals surface area (Å²) in [5.74, 6) is 0.568. The molecule has 0 spiro atoms. The Bertz CT molecular complexity index is 735. The quantitative estimate of drug-likeness (QED) is 0.779. The van der Waals surface area contributed by atoms with Crippen LogP contribution in [0.15, 0.2) is 18.5 Å². The molecule has 2 aliphatic rings. The van der Waals surface area contributed by atoms with Crippen LogP contribution in [-0.2, 0) is 14.8 Å². The van der Waals surface area contributed by atoms with Gasteiger partial charge in [-0.1, -0.05) is 11.6 Å². The number of piperidine rings is 1. The highest BCUT2D eigenvalue weighted by atomic mass is 35.5. The molecule has 0 N–H and O–H groups in total. The van der Waals surface area contributed by atoms with Gasteiger partial charge in [-0.3, -0.25) is 9.78 Å². The van der Waals surface area contributed by atoms with E-state index in [1.54, 1.807) is 12.3 Å².